The molecule has 0 radical (unpaired) electrons. The van der Waals surface area contributed by atoms with E-state index < -0.39 is 0 Å². The summed E-state index contributed by atoms with van der Waals surface area (Å²) in [6.45, 7) is 9.75. The number of aromatic amines is 1. The molecule has 0 aliphatic rings. The molecule has 0 saturated heterocycles. The van der Waals surface area contributed by atoms with Crippen LogP contribution in [0.4, 0.5) is 5.69 Å². The number of carbonyl (C=O) groups is 1. The lowest BCUT2D eigenvalue weighted by Crippen LogP contribution is -2.23. The number of nitrogens with zero attached hydrogens (tertiary/aromatic N) is 1. The Morgan fingerprint density at radius 2 is 2.00 bits per heavy atom. The van der Waals surface area contributed by atoms with E-state index in [4.69, 9.17) is 0 Å². The summed E-state index contributed by atoms with van der Waals surface area (Å²) in [6.07, 6.45) is 0. The van der Waals surface area contributed by atoms with Gasteiger partial charge in [0, 0.05) is 10.6 Å². The lowest BCUT2D eigenvalue weighted by Gasteiger charge is -2.16. The first-order chi connectivity index (χ1) is 12.8. The number of H-pyrrole nitrogens is 1. The first kappa shape index (κ1) is 19.6. The van der Waals surface area contributed by atoms with Crippen LogP contribution in [0.3, 0.4) is 0 Å². The number of hydrogen-bond acceptors (Lipinski definition) is 5. The Bertz CT molecular complexity index is 1060. The molecular formula is C20H23N3O2S2. The number of thiophene rings is 1. The molecule has 0 saturated carbocycles. The van der Waals surface area contributed by atoms with Gasteiger partial charge in [0.05, 0.1) is 15.9 Å². The molecule has 0 bridgehead atoms. The van der Waals surface area contributed by atoms with Crippen LogP contribution >= 0.6 is 23.1 Å². The summed E-state index contributed by atoms with van der Waals surface area (Å²) in [5.41, 5.74) is 2.76. The Morgan fingerprint density at radius 3 is 2.70 bits per heavy atom. The second-order valence-corrected chi connectivity index (χ2v) is 9.58. The van der Waals surface area contributed by atoms with Crippen molar-refractivity contribution in [3.05, 3.63) is 56.4 Å². The number of fused-ring (bicyclic) bond motifs is 1. The normalized spacial score (nSPS) is 13.5. The molecule has 2 unspecified atom stereocenters. The molecule has 142 valence electrons. The van der Waals surface area contributed by atoms with E-state index in [1.165, 1.54) is 23.1 Å². The number of benzene rings is 1. The van der Waals surface area contributed by atoms with Gasteiger partial charge in [0.25, 0.3) is 5.56 Å². The number of carbonyl (C=O) groups excluding carboxylic acids is 1. The Labute approximate surface area is 166 Å². The van der Waals surface area contributed by atoms with Gasteiger partial charge in [-0.05, 0) is 57.9 Å². The summed E-state index contributed by atoms with van der Waals surface area (Å²) in [7, 11) is 0. The highest BCUT2D eigenvalue weighted by Crippen LogP contribution is 2.32. The van der Waals surface area contributed by atoms with Crippen molar-refractivity contribution in [2.45, 2.75) is 45.1 Å². The topological polar surface area (TPSA) is 74.8 Å². The van der Waals surface area contributed by atoms with Gasteiger partial charge >= 0.3 is 0 Å². The molecule has 1 amide bonds. The van der Waals surface area contributed by atoms with Gasteiger partial charge in [0.15, 0.2) is 0 Å². The van der Waals surface area contributed by atoms with Crippen LogP contribution in [0, 0.1) is 20.8 Å². The molecule has 27 heavy (non-hydrogen) atoms. The standard InChI is InChI=1S/C20H23N3O2S2/c1-10-7-6-8-15(9-10)21-18(24)14(5)26-13(4)17-22-19(25)16-11(2)12(3)27-20(16)23-17/h6-9,13-14H,1-5H3,(H,21,24)(H,22,23,25). The van der Waals surface area contributed by atoms with Crippen LogP contribution < -0.4 is 10.9 Å². The summed E-state index contributed by atoms with van der Waals surface area (Å²) in [4.78, 5) is 34.3. The predicted octanol–water partition coefficient (Wildman–Crippen LogP) is 4.73. The first-order valence-electron chi connectivity index (χ1n) is 8.79. The maximum absolute atomic E-state index is 12.5. The first-order valence-corrected chi connectivity index (χ1v) is 10.5. The molecule has 3 aromatic rings. The Balaban J connectivity index is 1.74. The zero-order valence-corrected chi connectivity index (χ0v) is 17.7. The van der Waals surface area contributed by atoms with Crippen molar-refractivity contribution in [1.82, 2.24) is 9.97 Å². The quantitative estimate of drug-likeness (QED) is 0.648. The highest BCUT2D eigenvalue weighted by molar-refractivity contribution is 8.00. The van der Waals surface area contributed by atoms with Crippen molar-refractivity contribution < 1.29 is 4.79 Å². The van der Waals surface area contributed by atoms with Gasteiger partial charge in [-0.1, -0.05) is 12.1 Å². The monoisotopic (exact) mass is 401 g/mol. The zero-order valence-electron chi connectivity index (χ0n) is 16.0. The van der Waals surface area contributed by atoms with Crippen LogP contribution in [-0.4, -0.2) is 21.1 Å². The van der Waals surface area contributed by atoms with Crippen molar-refractivity contribution >= 4 is 44.9 Å². The molecule has 5 nitrogen and oxygen atoms in total. The van der Waals surface area contributed by atoms with E-state index in [9.17, 15) is 9.59 Å². The SMILES string of the molecule is Cc1cccc(NC(=O)C(C)SC(C)c2nc3sc(C)c(C)c3c(=O)[nH]2)c1. The molecule has 3 rings (SSSR count). The van der Waals surface area contributed by atoms with Crippen molar-refractivity contribution in [2.24, 2.45) is 0 Å². The summed E-state index contributed by atoms with van der Waals surface area (Å²) >= 11 is 3.01. The van der Waals surface area contributed by atoms with Gasteiger partial charge in [-0.3, -0.25) is 9.59 Å². The van der Waals surface area contributed by atoms with Crippen LogP contribution in [-0.2, 0) is 4.79 Å². The maximum atomic E-state index is 12.5. The fourth-order valence-electron chi connectivity index (χ4n) is 2.86. The minimum absolute atomic E-state index is 0.0660. The molecule has 7 heteroatoms. The predicted molar refractivity (Wildman–Crippen MR) is 115 cm³/mol. The van der Waals surface area contributed by atoms with Crippen LogP contribution in [0.25, 0.3) is 10.2 Å². The number of anilines is 1. The van der Waals surface area contributed by atoms with E-state index in [1.54, 1.807) is 0 Å². The van der Waals surface area contributed by atoms with Crippen molar-refractivity contribution in [3.63, 3.8) is 0 Å². The fourth-order valence-corrected chi connectivity index (χ4v) is 4.94. The molecule has 2 N–H and O–H groups in total. The van der Waals surface area contributed by atoms with Gasteiger partial charge in [0.2, 0.25) is 5.91 Å². The molecular weight excluding hydrogens is 378 g/mol. The molecule has 2 atom stereocenters. The molecule has 0 fully saturated rings. The van der Waals surface area contributed by atoms with Crippen molar-refractivity contribution in [1.29, 1.82) is 0 Å². The number of amides is 1. The molecule has 0 aliphatic heterocycles. The summed E-state index contributed by atoms with van der Waals surface area (Å²) in [6, 6.07) is 7.72. The van der Waals surface area contributed by atoms with Crippen LogP contribution in [0.5, 0.6) is 0 Å². The minimum Gasteiger partial charge on any atom is -0.325 e. The van der Waals surface area contributed by atoms with E-state index >= 15 is 0 Å². The Morgan fingerprint density at radius 1 is 1.26 bits per heavy atom. The summed E-state index contributed by atoms with van der Waals surface area (Å²) in [5, 5.41) is 3.22. The molecule has 0 spiro atoms. The highest BCUT2D eigenvalue weighted by atomic mass is 32.2. The van der Waals surface area contributed by atoms with Gasteiger partial charge < -0.3 is 10.3 Å². The number of rotatable bonds is 5. The van der Waals surface area contributed by atoms with E-state index in [0.29, 0.717) is 11.2 Å². The van der Waals surface area contributed by atoms with Crippen LogP contribution in [0.15, 0.2) is 29.1 Å². The van der Waals surface area contributed by atoms with E-state index in [0.717, 1.165) is 26.5 Å². The third-order valence-electron chi connectivity index (χ3n) is 4.51. The average Bonchev–Trinajstić information content (AvgIpc) is 2.89. The molecule has 0 aliphatic carbocycles. The van der Waals surface area contributed by atoms with Gasteiger partial charge in [-0.2, -0.15) is 0 Å². The largest absolute Gasteiger partial charge is 0.325 e. The summed E-state index contributed by atoms with van der Waals surface area (Å²) in [5.74, 6) is 0.539. The average molecular weight is 402 g/mol. The highest BCUT2D eigenvalue weighted by Gasteiger charge is 2.21. The lowest BCUT2D eigenvalue weighted by atomic mass is 10.2. The van der Waals surface area contributed by atoms with Gasteiger partial charge in [-0.25, -0.2) is 4.98 Å². The molecule has 2 heterocycles. The molecule has 2 aromatic heterocycles. The minimum atomic E-state index is -0.284. The number of aromatic nitrogens is 2. The number of thioether (sulfide) groups is 1. The van der Waals surface area contributed by atoms with Gasteiger partial charge in [-0.15, -0.1) is 23.1 Å². The smallest absolute Gasteiger partial charge is 0.259 e. The van der Waals surface area contributed by atoms with Gasteiger partial charge in [0.1, 0.15) is 10.7 Å². The van der Waals surface area contributed by atoms with Crippen molar-refractivity contribution in [3.8, 4) is 0 Å². The lowest BCUT2D eigenvalue weighted by molar-refractivity contribution is -0.115. The Hall–Kier alpha value is -2.12. The second-order valence-electron chi connectivity index (χ2n) is 6.69. The second kappa shape index (κ2) is 7.86. The van der Waals surface area contributed by atoms with E-state index in [-0.39, 0.29) is 22.0 Å². The number of aryl methyl sites for hydroxylation is 3. The fraction of sp³-hybridized carbons (Fsp3) is 0.350. The van der Waals surface area contributed by atoms with Crippen LogP contribution in [0.1, 0.15) is 40.9 Å². The third kappa shape index (κ3) is 4.25. The van der Waals surface area contributed by atoms with E-state index in [1.807, 2.05) is 58.9 Å². The zero-order chi connectivity index (χ0) is 19.7. The molecule has 1 aromatic carbocycles. The summed E-state index contributed by atoms with van der Waals surface area (Å²) < 4.78 is 0. The number of hydrogen-bond donors (Lipinski definition) is 2. The third-order valence-corrected chi connectivity index (χ3v) is 6.86. The van der Waals surface area contributed by atoms with E-state index in [2.05, 4.69) is 15.3 Å². The van der Waals surface area contributed by atoms with Crippen LogP contribution in [0.2, 0.25) is 0 Å². The van der Waals surface area contributed by atoms with Crippen molar-refractivity contribution in [2.75, 3.05) is 5.32 Å². The maximum Gasteiger partial charge on any atom is 0.259 e. The Kier molecular flexibility index (Phi) is 5.72. The number of nitrogens with one attached hydrogen (secondary N) is 2.